The third-order valence-electron chi connectivity index (χ3n) is 4.68. The van der Waals surface area contributed by atoms with Gasteiger partial charge in [-0.2, -0.15) is 0 Å². The lowest BCUT2D eigenvalue weighted by molar-refractivity contribution is -0.124. The van der Waals surface area contributed by atoms with E-state index in [1.807, 2.05) is 24.3 Å². The van der Waals surface area contributed by atoms with Crippen LogP contribution in [0.2, 0.25) is 5.02 Å². The highest BCUT2D eigenvalue weighted by Gasteiger charge is 2.36. The molecule has 0 N–H and O–H groups in total. The second kappa shape index (κ2) is 7.28. The van der Waals surface area contributed by atoms with Crippen LogP contribution in [-0.4, -0.2) is 35.8 Å². The number of benzene rings is 2. The Balaban J connectivity index is 1.85. The first-order chi connectivity index (χ1) is 12.0. The Morgan fingerprint density at radius 1 is 1.12 bits per heavy atom. The quantitative estimate of drug-likeness (QED) is 0.839. The first kappa shape index (κ1) is 17.5. The second-order valence-electron chi connectivity index (χ2n) is 6.13. The molecule has 2 amide bonds. The number of rotatable bonds is 3. The van der Waals surface area contributed by atoms with E-state index in [1.54, 1.807) is 41.0 Å². The number of anilines is 1. The molecule has 1 heterocycles. The van der Waals surface area contributed by atoms with Gasteiger partial charge in [0, 0.05) is 18.8 Å². The molecule has 3 rings (SSSR count). The fourth-order valence-electron chi connectivity index (χ4n) is 3.25. The minimum Gasteiger partial charge on any atom is -0.325 e. The van der Waals surface area contributed by atoms with Gasteiger partial charge in [0.25, 0.3) is 5.91 Å². The molecular weight excluding hydrogens is 336 g/mol. The van der Waals surface area contributed by atoms with E-state index in [-0.39, 0.29) is 11.8 Å². The van der Waals surface area contributed by atoms with Crippen LogP contribution in [0.5, 0.6) is 0 Å². The zero-order chi connectivity index (χ0) is 18.0. The molecule has 0 spiro atoms. The van der Waals surface area contributed by atoms with E-state index in [4.69, 9.17) is 11.6 Å². The van der Waals surface area contributed by atoms with Gasteiger partial charge in [-0.15, -0.1) is 0 Å². The van der Waals surface area contributed by atoms with Gasteiger partial charge in [0.1, 0.15) is 6.04 Å². The molecule has 1 aliphatic heterocycles. The van der Waals surface area contributed by atoms with Crippen LogP contribution in [0.15, 0.2) is 48.5 Å². The molecule has 4 nitrogen and oxygen atoms in total. The Hall–Kier alpha value is -2.33. The maximum Gasteiger partial charge on any atom is 0.256 e. The molecule has 0 radical (unpaired) electrons. The second-order valence-corrected chi connectivity index (χ2v) is 6.53. The third-order valence-corrected chi connectivity index (χ3v) is 5.01. The first-order valence-corrected chi connectivity index (χ1v) is 8.87. The van der Waals surface area contributed by atoms with Crippen molar-refractivity contribution in [3.63, 3.8) is 0 Å². The maximum atomic E-state index is 12.9. The number of hydrogen-bond donors (Lipinski definition) is 0. The van der Waals surface area contributed by atoms with Crippen molar-refractivity contribution < 1.29 is 9.59 Å². The van der Waals surface area contributed by atoms with Gasteiger partial charge in [-0.25, -0.2) is 0 Å². The van der Waals surface area contributed by atoms with Gasteiger partial charge >= 0.3 is 0 Å². The Kier molecular flexibility index (Phi) is 5.09. The SMILES string of the molecule is CCc1ccccc1N1CCN(C(=O)c2ccccc2Cl)C(C)C1=O. The average molecular weight is 357 g/mol. The number of para-hydroxylation sites is 1. The molecule has 1 atom stereocenters. The smallest absolute Gasteiger partial charge is 0.256 e. The number of aryl methyl sites for hydroxylation is 1. The molecule has 130 valence electrons. The Bertz CT molecular complexity index is 806. The molecule has 0 aliphatic carbocycles. The fraction of sp³-hybridized carbons (Fsp3) is 0.300. The van der Waals surface area contributed by atoms with E-state index in [0.717, 1.165) is 17.7 Å². The zero-order valence-electron chi connectivity index (χ0n) is 14.4. The average Bonchev–Trinajstić information content (AvgIpc) is 2.64. The standard InChI is InChI=1S/C20H21ClN2O2/c1-3-15-8-4-7-11-18(15)23-13-12-22(14(2)19(23)24)20(25)16-9-5-6-10-17(16)21/h4-11,14H,3,12-13H2,1-2H3. The van der Waals surface area contributed by atoms with Gasteiger partial charge in [0.2, 0.25) is 5.91 Å². The summed E-state index contributed by atoms with van der Waals surface area (Å²) in [6, 6.07) is 14.3. The molecule has 1 saturated heterocycles. The van der Waals surface area contributed by atoms with Crippen LogP contribution >= 0.6 is 11.6 Å². The van der Waals surface area contributed by atoms with E-state index in [9.17, 15) is 9.59 Å². The summed E-state index contributed by atoms with van der Waals surface area (Å²) >= 11 is 6.14. The molecule has 1 fully saturated rings. The van der Waals surface area contributed by atoms with E-state index >= 15 is 0 Å². The highest BCUT2D eigenvalue weighted by molar-refractivity contribution is 6.33. The molecule has 5 heteroatoms. The van der Waals surface area contributed by atoms with E-state index in [1.165, 1.54) is 0 Å². The summed E-state index contributed by atoms with van der Waals surface area (Å²) in [5.41, 5.74) is 2.51. The number of hydrogen-bond acceptors (Lipinski definition) is 2. The molecule has 1 aliphatic rings. The monoisotopic (exact) mass is 356 g/mol. The van der Waals surface area contributed by atoms with Gasteiger partial charge < -0.3 is 9.80 Å². The van der Waals surface area contributed by atoms with Crippen LogP contribution in [0.1, 0.15) is 29.8 Å². The van der Waals surface area contributed by atoms with Crippen LogP contribution in [0.3, 0.4) is 0 Å². The Labute approximate surface area is 153 Å². The van der Waals surface area contributed by atoms with Crippen LogP contribution in [0.25, 0.3) is 0 Å². The number of piperazine rings is 1. The number of halogens is 1. The highest BCUT2D eigenvalue weighted by Crippen LogP contribution is 2.26. The van der Waals surface area contributed by atoms with Gasteiger partial charge in [-0.05, 0) is 37.1 Å². The van der Waals surface area contributed by atoms with Crippen molar-refractivity contribution in [2.75, 3.05) is 18.0 Å². The summed E-state index contributed by atoms with van der Waals surface area (Å²) in [5.74, 6) is -0.262. The molecule has 2 aromatic rings. The predicted octanol–water partition coefficient (Wildman–Crippen LogP) is 3.78. The predicted molar refractivity (Wildman–Crippen MR) is 100 cm³/mol. The maximum absolute atomic E-state index is 12.9. The molecule has 1 unspecified atom stereocenters. The molecular formula is C20H21ClN2O2. The van der Waals surface area contributed by atoms with Gasteiger partial charge in [-0.3, -0.25) is 9.59 Å². The lowest BCUT2D eigenvalue weighted by Gasteiger charge is -2.39. The van der Waals surface area contributed by atoms with Crippen LogP contribution in [0, 0.1) is 0 Å². The summed E-state index contributed by atoms with van der Waals surface area (Å²) in [4.78, 5) is 29.1. The van der Waals surface area contributed by atoms with Gasteiger partial charge in [0.05, 0.1) is 10.6 Å². The normalized spacial score (nSPS) is 17.7. The number of nitrogens with zero attached hydrogens (tertiary/aromatic N) is 2. The Morgan fingerprint density at radius 3 is 2.52 bits per heavy atom. The lowest BCUT2D eigenvalue weighted by atomic mass is 10.1. The van der Waals surface area contributed by atoms with Crippen molar-refractivity contribution in [1.82, 2.24) is 4.90 Å². The lowest BCUT2D eigenvalue weighted by Crippen LogP contribution is -2.58. The largest absolute Gasteiger partial charge is 0.325 e. The third kappa shape index (κ3) is 3.27. The summed E-state index contributed by atoms with van der Waals surface area (Å²) in [6.45, 7) is 4.81. The van der Waals surface area contributed by atoms with Crippen LogP contribution in [0.4, 0.5) is 5.69 Å². The minimum absolute atomic E-state index is 0.0625. The van der Waals surface area contributed by atoms with E-state index in [0.29, 0.717) is 23.7 Å². The van der Waals surface area contributed by atoms with Crippen molar-refractivity contribution in [2.24, 2.45) is 0 Å². The highest BCUT2D eigenvalue weighted by atomic mass is 35.5. The van der Waals surface area contributed by atoms with E-state index in [2.05, 4.69) is 6.92 Å². The van der Waals surface area contributed by atoms with Crippen LogP contribution < -0.4 is 4.90 Å². The summed E-state index contributed by atoms with van der Waals surface area (Å²) < 4.78 is 0. The van der Waals surface area contributed by atoms with Crippen molar-refractivity contribution in [3.8, 4) is 0 Å². The molecule has 0 bridgehead atoms. The molecule has 0 saturated carbocycles. The van der Waals surface area contributed by atoms with Crippen molar-refractivity contribution in [1.29, 1.82) is 0 Å². The van der Waals surface area contributed by atoms with Gasteiger partial charge in [-0.1, -0.05) is 48.9 Å². The van der Waals surface area contributed by atoms with E-state index < -0.39 is 6.04 Å². The van der Waals surface area contributed by atoms with Gasteiger partial charge in [0.15, 0.2) is 0 Å². The van der Waals surface area contributed by atoms with Crippen LogP contribution in [-0.2, 0) is 11.2 Å². The topological polar surface area (TPSA) is 40.6 Å². The summed E-state index contributed by atoms with van der Waals surface area (Å²) in [5, 5.41) is 0.408. The number of carbonyl (C=O) groups excluding carboxylic acids is 2. The minimum atomic E-state index is -0.526. The van der Waals surface area contributed by atoms with Crippen molar-refractivity contribution in [3.05, 3.63) is 64.7 Å². The number of amides is 2. The molecule has 25 heavy (non-hydrogen) atoms. The van der Waals surface area contributed by atoms with Crippen molar-refractivity contribution >= 4 is 29.1 Å². The first-order valence-electron chi connectivity index (χ1n) is 8.49. The molecule has 2 aromatic carbocycles. The zero-order valence-corrected chi connectivity index (χ0v) is 15.2. The summed E-state index contributed by atoms with van der Waals surface area (Å²) in [7, 11) is 0. The van der Waals surface area contributed by atoms with Crippen molar-refractivity contribution in [2.45, 2.75) is 26.3 Å². The molecule has 0 aromatic heterocycles. The fourth-order valence-corrected chi connectivity index (χ4v) is 3.47. The summed E-state index contributed by atoms with van der Waals surface area (Å²) in [6.07, 6.45) is 0.858. The number of carbonyl (C=O) groups is 2. The Morgan fingerprint density at radius 2 is 1.80 bits per heavy atom.